The van der Waals surface area contributed by atoms with Crippen molar-refractivity contribution in [3.63, 3.8) is 0 Å². The molecule has 120 valence electrons. The molecule has 0 atom stereocenters. The van der Waals surface area contributed by atoms with Crippen molar-refractivity contribution in [3.05, 3.63) is 87.9 Å². The molecule has 3 aromatic carbocycles. The molecule has 1 N–H and O–H groups in total. The first-order valence-corrected chi connectivity index (χ1v) is 8.68. The second kappa shape index (κ2) is 7.65. The van der Waals surface area contributed by atoms with Gasteiger partial charge in [0.2, 0.25) is 5.91 Å². The van der Waals surface area contributed by atoms with Crippen LogP contribution in [0.3, 0.4) is 0 Å². The molecule has 24 heavy (non-hydrogen) atoms. The molecule has 2 nitrogen and oxygen atoms in total. The van der Waals surface area contributed by atoms with Crippen LogP contribution >= 0.6 is 27.5 Å². The number of amides is 1. The Bertz CT molecular complexity index is 847. The number of nitrogens with one attached hydrogen (secondary N) is 1. The molecule has 0 aromatic heterocycles. The largest absolute Gasteiger partial charge is 0.326 e. The highest BCUT2D eigenvalue weighted by atomic mass is 79.9. The summed E-state index contributed by atoms with van der Waals surface area (Å²) in [5.41, 5.74) is 3.96. The minimum Gasteiger partial charge on any atom is -0.326 e. The SMILES string of the molecule is O=C(Cc1ccc(-c2ccccc2)cc1)Nc1ccc(Br)c(Cl)c1. The van der Waals surface area contributed by atoms with E-state index in [1.165, 1.54) is 0 Å². The predicted molar refractivity (Wildman–Crippen MR) is 103 cm³/mol. The molecule has 0 saturated carbocycles. The molecular formula is C20H15BrClNO. The van der Waals surface area contributed by atoms with E-state index in [-0.39, 0.29) is 5.91 Å². The van der Waals surface area contributed by atoms with Gasteiger partial charge >= 0.3 is 0 Å². The van der Waals surface area contributed by atoms with E-state index in [0.29, 0.717) is 17.1 Å². The highest BCUT2D eigenvalue weighted by Gasteiger charge is 2.06. The van der Waals surface area contributed by atoms with E-state index in [4.69, 9.17) is 11.6 Å². The molecule has 0 bridgehead atoms. The van der Waals surface area contributed by atoms with Gasteiger partial charge in [0.05, 0.1) is 11.4 Å². The number of hydrogen-bond acceptors (Lipinski definition) is 1. The van der Waals surface area contributed by atoms with Crippen LogP contribution in [0.2, 0.25) is 5.02 Å². The van der Waals surface area contributed by atoms with Gasteiger partial charge in [0.15, 0.2) is 0 Å². The van der Waals surface area contributed by atoms with Crippen LogP contribution in [0.1, 0.15) is 5.56 Å². The number of anilines is 1. The van der Waals surface area contributed by atoms with Crippen molar-refractivity contribution in [2.24, 2.45) is 0 Å². The highest BCUT2D eigenvalue weighted by Crippen LogP contribution is 2.25. The Morgan fingerprint density at radius 1 is 0.917 bits per heavy atom. The minimum absolute atomic E-state index is 0.0687. The molecule has 0 spiro atoms. The lowest BCUT2D eigenvalue weighted by atomic mass is 10.0. The zero-order valence-electron chi connectivity index (χ0n) is 12.8. The predicted octanol–water partition coefficient (Wildman–Crippen LogP) is 5.95. The topological polar surface area (TPSA) is 29.1 Å². The maximum atomic E-state index is 12.2. The van der Waals surface area contributed by atoms with Crippen LogP contribution in [0.4, 0.5) is 5.69 Å². The van der Waals surface area contributed by atoms with Crippen molar-refractivity contribution in [3.8, 4) is 11.1 Å². The summed E-state index contributed by atoms with van der Waals surface area (Å²) < 4.78 is 0.804. The van der Waals surface area contributed by atoms with E-state index >= 15 is 0 Å². The van der Waals surface area contributed by atoms with Gasteiger partial charge in [-0.25, -0.2) is 0 Å². The summed E-state index contributed by atoms with van der Waals surface area (Å²) >= 11 is 9.37. The Morgan fingerprint density at radius 2 is 1.58 bits per heavy atom. The maximum absolute atomic E-state index is 12.2. The summed E-state index contributed by atoms with van der Waals surface area (Å²) in [6, 6.07) is 23.5. The van der Waals surface area contributed by atoms with Crippen molar-refractivity contribution in [2.45, 2.75) is 6.42 Å². The Labute approximate surface area is 154 Å². The smallest absolute Gasteiger partial charge is 0.228 e. The molecule has 0 heterocycles. The Kier molecular flexibility index (Phi) is 5.34. The number of carbonyl (C=O) groups excluding carboxylic acids is 1. The maximum Gasteiger partial charge on any atom is 0.228 e. The monoisotopic (exact) mass is 399 g/mol. The molecule has 0 aliphatic heterocycles. The first-order chi connectivity index (χ1) is 11.6. The molecule has 0 saturated heterocycles. The fourth-order valence-electron chi connectivity index (χ4n) is 2.41. The van der Waals surface area contributed by atoms with Gasteiger partial charge in [-0.2, -0.15) is 0 Å². The lowest BCUT2D eigenvalue weighted by Gasteiger charge is -2.07. The normalized spacial score (nSPS) is 10.4. The Hall–Kier alpha value is -2.10. The zero-order chi connectivity index (χ0) is 16.9. The van der Waals surface area contributed by atoms with Gasteiger partial charge in [-0.3, -0.25) is 4.79 Å². The minimum atomic E-state index is -0.0687. The molecule has 1 amide bonds. The summed E-state index contributed by atoms with van der Waals surface area (Å²) in [4.78, 5) is 12.2. The van der Waals surface area contributed by atoms with Gasteiger partial charge in [-0.15, -0.1) is 0 Å². The molecule has 0 unspecified atom stereocenters. The molecule has 4 heteroatoms. The van der Waals surface area contributed by atoms with Crippen molar-refractivity contribution in [1.82, 2.24) is 0 Å². The van der Waals surface area contributed by atoms with Crippen LogP contribution in [0.15, 0.2) is 77.3 Å². The van der Waals surface area contributed by atoms with E-state index in [9.17, 15) is 4.79 Å². The summed E-state index contributed by atoms with van der Waals surface area (Å²) in [7, 11) is 0. The average Bonchev–Trinajstić information content (AvgIpc) is 2.59. The molecule has 0 fully saturated rings. The first-order valence-electron chi connectivity index (χ1n) is 7.51. The van der Waals surface area contributed by atoms with E-state index in [0.717, 1.165) is 21.2 Å². The third-order valence-corrected chi connectivity index (χ3v) is 4.86. The van der Waals surface area contributed by atoms with Gasteiger partial charge in [0.25, 0.3) is 0 Å². The van der Waals surface area contributed by atoms with Crippen LogP contribution in [-0.2, 0) is 11.2 Å². The van der Waals surface area contributed by atoms with E-state index in [1.807, 2.05) is 54.6 Å². The summed E-state index contributed by atoms with van der Waals surface area (Å²) in [6.45, 7) is 0. The average molecular weight is 401 g/mol. The van der Waals surface area contributed by atoms with Gasteiger partial charge in [0.1, 0.15) is 0 Å². The van der Waals surface area contributed by atoms with Crippen molar-refractivity contribution in [2.75, 3.05) is 5.32 Å². The van der Waals surface area contributed by atoms with Crippen LogP contribution < -0.4 is 5.32 Å². The Morgan fingerprint density at radius 3 is 2.25 bits per heavy atom. The van der Waals surface area contributed by atoms with Crippen molar-refractivity contribution >= 4 is 39.1 Å². The van der Waals surface area contributed by atoms with Crippen LogP contribution in [0.25, 0.3) is 11.1 Å². The quantitative estimate of drug-likeness (QED) is 0.576. The number of hydrogen-bond donors (Lipinski definition) is 1. The van der Waals surface area contributed by atoms with Crippen LogP contribution in [0, 0.1) is 0 Å². The fraction of sp³-hybridized carbons (Fsp3) is 0.0500. The molecule has 0 radical (unpaired) electrons. The first kappa shape index (κ1) is 16.7. The number of benzene rings is 3. The second-order valence-electron chi connectivity index (χ2n) is 5.42. The number of carbonyl (C=O) groups is 1. The third-order valence-electron chi connectivity index (χ3n) is 3.63. The highest BCUT2D eigenvalue weighted by molar-refractivity contribution is 9.10. The second-order valence-corrected chi connectivity index (χ2v) is 6.68. The lowest BCUT2D eigenvalue weighted by molar-refractivity contribution is -0.115. The standard InChI is InChI=1S/C20H15BrClNO/c21-18-11-10-17(13-19(18)22)23-20(24)12-14-6-8-16(9-7-14)15-4-2-1-3-5-15/h1-11,13H,12H2,(H,23,24). The van der Waals surface area contributed by atoms with Crippen molar-refractivity contribution < 1.29 is 4.79 Å². The Balaban J connectivity index is 1.65. The molecule has 0 aliphatic carbocycles. The molecule has 3 rings (SSSR count). The van der Waals surface area contributed by atoms with Gasteiger partial charge < -0.3 is 5.32 Å². The number of halogens is 2. The molecular weight excluding hydrogens is 386 g/mol. The van der Waals surface area contributed by atoms with Gasteiger partial charge in [-0.05, 0) is 50.8 Å². The lowest BCUT2D eigenvalue weighted by Crippen LogP contribution is -2.14. The summed E-state index contributed by atoms with van der Waals surface area (Å²) in [5.74, 6) is -0.0687. The van der Waals surface area contributed by atoms with E-state index in [1.54, 1.807) is 6.07 Å². The fourth-order valence-corrected chi connectivity index (χ4v) is 2.84. The van der Waals surface area contributed by atoms with E-state index < -0.39 is 0 Å². The van der Waals surface area contributed by atoms with Crippen LogP contribution in [-0.4, -0.2) is 5.91 Å². The summed E-state index contributed by atoms with van der Waals surface area (Å²) in [5, 5.41) is 3.43. The molecule has 3 aromatic rings. The van der Waals surface area contributed by atoms with Crippen molar-refractivity contribution in [1.29, 1.82) is 0 Å². The van der Waals surface area contributed by atoms with Gasteiger partial charge in [0, 0.05) is 10.2 Å². The van der Waals surface area contributed by atoms with Crippen LogP contribution in [0.5, 0.6) is 0 Å². The van der Waals surface area contributed by atoms with E-state index in [2.05, 4.69) is 33.4 Å². The molecule has 0 aliphatic rings. The summed E-state index contributed by atoms with van der Waals surface area (Å²) in [6.07, 6.45) is 0.322. The van der Waals surface area contributed by atoms with Gasteiger partial charge in [-0.1, -0.05) is 66.2 Å². The third kappa shape index (κ3) is 4.25. The number of rotatable bonds is 4. The zero-order valence-corrected chi connectivity index (χ0v) is 15.1.